The second-order valence-corrected chi connectivity index (χ2v) is 5.85. The fourth-order valence-corrected chi connectivity index (χ4v) is 2.43. The van der Waals surface area contributed by atoms with Gasteiger partial charge in [0.1, 0.15) is 0 Å². The van der Waals surface area contributed by atoms with E-state index in [4.69, 9.17) is 4.74 Å². The van der Waals surface area contributed by atoms with Crippen molar-refractivity contribution in [3.05, 3.63) is 59.7 Å². The summed E-state index contributed by atoms with van der Waals surface area (Å²) >= 11 is 0. The summed E-state index contributed by atoms with van der Waals surface area (Å²) < 4.78 is 43.1. The second kappa shape index (κ2) is 9.21. The smallest absolute Gasteiger partial charge is 0.416 e. The summed E-state index contributed by atoms with van der Waals surface area (Å²) in [7, 11) is 0. The van der Waals surface area contributed by atoms with Crippen LogP contribution in [0.3, 0.4) is 0 Å². The lowest BCUT2D eigenvalue weighted by molar-refractivity contribution is -0.143. The fraction of sp³-hybridized carbons (Fsp3) is 0.300. The van der Waals surface area contributed by atoms with E-state index < -0.39 is 23.6 Å². The lowest BCUT2D eigenvalue weighted by atomic mass is 9.98. The maximum Gasteiger partial charge on any atom is 0.416 e. The molecule has 0 heterocycles. The number of amides is 1. The van der Waals surface area contributed by atoms with Crippen LogP contribution in [0.4, 0.5) is 13.2 Å². The van der Waals surface area contributed by atoms with Gasteiger partial charge in [-0.25, -0.2) is 0 Å². The Balaban J connectivity index is 2.09. The molecule has 4 nitrogen and oxygen atoms in total. The number of hydrogen-bond acceptors (Lipinski definition) is 3. The Morgan fingerprint density at radius 1 is 1.04 bits per heavy atom. The number of esters is 1. The predicted octanol–water partition coefficient (Wildman–Crippen LogP) is 4.45. The van der Waals surface area contributed by atoms with Crippen molar-refractivity contribution in [1.82, 2.24) is 5.32 Å². The predicted molar refractivity (Wildman–Crippen MR) is 95.1 cm³/mol. The summed E-state index contributed by atoms with van der Waals surface area (Å²) in [6.07, 6.45) is -3.64. The van der Waals surface area contributed by atoms with Crippen LogP contribution in [-0.2, 0) is 15.7 Å². The Morgan fingerprint density at radius 2 is 1.70 bits per heavy atom. The minimum atomic E-state index is -4.41. The molecule has 144 valence electrons. The molecule has 0 saturated heterocycles. The highest BCUT2D eigenvalue weighted by Crippen LogP contribution is 2.31. The Morgan fingerprint density at radius 3 is 2.33 bits per heavy atom. The van der Waals surface area contributed by atoms with E-state index >= 15 is 0 Å². The molecular weight excluding hydrogens is 359 g/mol. The van der Waals surface area contributed by atoms with Crippen molar-refractivity contribution in [1.29, 1.82) is 0 Å². The summed E-state index contributed by atoms with van der Waals surface area (Å²) in [5, 5.41) is 2.63. The van der Waals surface area contributed by atoms with Crippen molar-refractivity contribution in [2.24, 2.45) is 0 Å². The molecule has 2 aromatic rings. The normalized spacial score (nSPS) is 11.1. The quantitative estimate of drug-likeness (QED) is 0.724. The summed E-state index contributed by atoms with van der Waals surface area (Å²) in [5.74, 6) is -0.804. The van der Waals surface area contributed by atoms with Crippen LogP contribution in [0.1, 0.15) is 35.7 Å². The molecule has 0 radical (unpaired) electrons. The van der Waals surface area contributed by atoms with Crippen molar-refractivity contribution in [3.8, 4) is 11.1 Å². The minimum Gasteiger partial charge on any atom is -0.466 e. The van der Waals surface area contributed by atoms with Gasteiger partial charge >= 0.3 is 12.1 Å². The number of carbonyl (C=O) groups is 2. The monoisotopic (exact) mass is 379 g/mol. The van der Waals surface area contributed by atoms with Crippen LogP contribution in [0.2, 0.25) is 0 Å². The molecule has 7 heteroatoms. The minimum absolute atomic E-state index is 0.0498. The Hall–Kier alpha value is -2.83. The van der Waals surface area contributed by atoms with Crippen LogP contribution >= 0.6 is 0 Å². The second-order valence-electron chi connectivity index (χ2n) is 5.85. The maximum atomic E-state index is 12.7. The Kier molecular flexibility index (Phi) is 6.98. The first-order chi connectivity index (χ1) is 12.8. The number of halogens is 3. The van der Waals surface area contributed by atoms with E-state index in [-0.39, 0.29) is 13.0 Å². The molecular formula is C20H20F3NO3. The Bertz CT molecular complexity index is 786. The van der Waals surface area contributed by atoms with Gasteiger partial charge in [0, 0.05) is 12.1 Å². The molecule has 0 saturated carbocycles. The first-order valence-corrected chi connectivity index (χ1v) is 8.53. The summed E-state index contributed by atoms with van der Waals surface area (Å²) in [6.45, 7) is 2.33. The zero-order valence-corrected chi connectivity index (χ0v) is 14.8. The average molecular weight is 379 g/mol. The van der Waals surface area contributed by atoms with Gasteiger partial charge in [0.05, 0.1) is 18.6 Å². The third-order valence-electron chi connectivity index (χ3n) is 3.78. The zero-order chi connectivity index (χ0) is 19.9. The molecule has 0 unspecified atom stereocenters. The number of hydrogen-bond donors (Lipinski definition) is 1. The van der Waals surface area contributed by atoms with Gasteiger partial charge in [-0.1, -0.05) is 37.3 Å². The molecule has 27 heavy (non-hydrogen) atoms. The van der Waals surface area contributed by atoms with Crippen LogP contribution in [-0.4, -0.2) is 25.0 Å². The molecule has 0 aliphatic carbocycles. The van der Waals surface area contributed by atoms with Crippen LogP contribution in [0.5, 0.6) is 0 Å². The van der Waals surface area contributed by atoms with Gasteiger partial charge in [-0.05, 0) is 35.7 Å². The van der Waals surface area contributed by atoms with Gasteiger partial charge in [0.2, 0.25) is 0 Å². The van der Waals surface area contributed by atoms with E-state index in [2.05, 4.69) is 5.32 Å². The van der Waals surface area contributed by atoms with Gasteiger partial charge in [0.25, 0.3) is 5.91 Å². The van der Waals surface area contributed by atoms with E-state index in [1.807, 2.05) is 6.92 Å². The first kappa shape index (κ1) is 20.5. The molecule has 2 rings (SSSR count). The SMILES string of the molecule is CCCOC(=O)CCNC(=O)c1ccccc1-c1ccc(C(F)(F)F)cc1. The molecule has 0 aliphatic heterocycles. The molecule has 1 amide bonds. The third kappa shape index (κ3) is 5.84. The molecule has 0 bridgehead atoms. The molecule has 0 fully saturated rings. The summed E-state index contributed by atoms with van der Waals surface area (Å²) in [5.41, 5.74) is 0.575. The highest BCUT2D eigenvalue weighted by Gasteiger charge is 2.30. The average Bonchev–Trinajstić information content (AvgIpc) is 2.65. The summed E-state index contributed by atoms with van der Waals surface area (Å²) in [6, 6.07) is 11.2. The standard InChI is InChI=1S/C20H20F3NO3/c1-2-13-27-18(25)11-12-24-19(26)17-6-4-3-5-16(17)14-7-9-15(10-8-14)20(21,22)23/h3-10H,2,11-13H2,1H3,(H,24,26). The van der Waals surface area contributed by atoms with E-state index in [9.17, 15) is 22.8 Å². The number of nitrogens with one attached hydrogen (secondary N) is 1. The molecule has 2 aromatic carbocycles. The highest BCUT2D eigenvalue weighted by atomic mass is 19.4. The van der Waals surface area contributed by atoms with Gasteiger partial charge in [-0.2, -0.15) is 13.2 Å². The zero-order valence-electron chi connectivity index (χ0n) is 14.8. The molecule has 0 spiro atoms. The number of carbonyl (C=O) groups excluding carboxylic acids is 2. The van der Waals surface area contributed by atoms with E-state index in [1.165, 1.54) is 12.1 Å². The largest absolute Gasteiger partial charge is 0.466 e. The molecule has 0 aliphatic rings. The Labute approximate surface area is 155 Å². The van der Waals surface area contributed by atoms with E-state index in [1.54, 1.807) is 24.3 Å². The van der Waals surface area contributed by atoms with Crippen molar-refractivity contribution in [2.45, 2.75) is 25.9 Å². The van der Waals surface area contributed by atoms with Crippen molar-refractivity contribution >= 4 is 11.9 Å². The molecule has 0 aromatic heterocycles. The number of alkyl halides is 3. The lowest BCUT2D eigenvalue weighted by Gasteiger charge is -2.12. The molecule has 1 N–H and O–H groups in total. The third-order valence-corrected chi connectivity index (χ3v) is 3.78. The van der Waals surface area contributed by atoms with Crippen LogP contribution in [0.15, 0.2) is 48.5 Å². The van der Waals surface area contributed by atoms with Gasteiger partial charge < -0.3 is 10.1 Å². The fourth-order valence-electron chi connectivity index (χ4n) is 2.43. The number of ether oxygens (including phenoxy) is 1. The van der Waals surface area contributed by atoms with Crippen molar-refractivity contribution in [2.75, 3.05) is 13.2 Å². The van der Waals surface area contributed by atoms with Crippen molar-refractivity contribution in [3.63, 3.8) is 0 Å². The van der Waals surface area contributed by atoms with Crippen LogP contribution < -0.4 is 5.32 Å². The number of rotatable bonds is 7. The number of benzene rings is 2. The first-order valence-electron chi connectivity index (χ1n) is 8.53. The van der Waals surface area contributed by atoms with Gasteiger partial charge in [-0.3, -0.25) is 9.59 Å². The van der Waals surface area contributed by atoms with Crippen LogP contribution in [0.25, 0.3) is 11.1 Å². The summed E-state index contributed by atoms with van der Waals surface area (Å²) in [4.78, 5) is 23.9. The van der Waals surface area contributed by atoms with Crippen LogP contribution in [0, 0.1) is 0 Å². The maximum absolute atomic E-state index is 12.7. The van der Waals surface area contributed by atoms with Crippen molar-refractivity contribution < 1.29 is 27.5 Å². The van der Waals surface area contributed by atoms with Gasteiger partial charge in [0.15, 0.2) is 0 Å². The van der Waals surface area contributed by atoms with Gasteiger partial charge in [-0.15, -0.1) is 0 Å². The topological polar surface area (TPSA) is 55.4 Å². The highest BCUT2D eigenvalue weighted by molar-refractivity contribution is 6.01. The van der Waals surface area contributed by atoms with E-state index in [0.29, 0.717) is 23.3 Å². The lowest BCUT2D eigenvalue weighted by Crippen LogP contribution is -2.27. The molecule has 0 atom stereocenters. The van der Waals surface area contributed by atoms with E-state index in [0.717, 1.165) is 18.6 Å².